The standard InChI is InChI=1S/C28H32ClN7O4/c1-2-39-27(38)21-14-19-11-10-18(13-20(19)15-40-21)17-8-6-16(7-9-17)5-3-4-12-33-28(32)36-26(37)22-24(30)35-25(31)23(29)34-22/h6-11,13,21H,2-5,12,14-15H2,1H3,(H4,30,31,35)(H3,32,33,36,37). The van der Waals surface area contributed by atoms with Gasteiger partial charge in [0.2, 0.25) is 0 Å². The molecule has 0 radical (unpaired) electrons. The number of fused-ring (bicyclic) bond motifs is 1. The summed E-state index contributed by atoms with van der Waals surface area (Å²) in [5, 5.41) is 2.30. The van der Waals surface area contributed by atoms with Gasteiger partial charge in [-0.3, -0.25) is 15.1 Å². The van der Waals surface area contributed by atoms with Gasteiger partial charge in [0.1, 0.15) is 0 Å². The average molecular weight is 566 g/mol. The fraction of sp³-hybridized carbons (Fsp3) is 0.321. The number of nitrogens with one attached hydrogen (secondary N) is 1. The summed E-state index contributed by atoms with van der Waals surface area (Å²) in [7, 11) is 0. The number of aliphatic imine (C=N–C) groups is 1. The molecule has 1 amide bonds. The van der Waals surface area contributed by atoms with Crippen LogP contribution in [0.2, 0.25) is 5.15 Å². The number of hydrogen-bond acceptors (Lipinski definition) is 9. The number of nitrogens with two attached hydrogens (primary N) is 3. The fourth-order valence-corrected chi connectivity index (χ4v) is 4.43. The van der Waals surface area contributed by atoms with E-state index in [1.807, 2.05) is 0 Å². The van der Waals surface area contributed by atoms with Crippen molar-refractivity contribution in [3.05, 3.63) is 70.0 Å². The van der Waals surface area contributed by atoms with Gasteiger partial charge in [0, 0.05) is 13.0 Å². The minimum atomic E-state index is -0.666. The minimum absolute atomic E-state index is 0.0460. The summed E-state index contributed by atoms with van der Waals surface area (Å²) in [6, 6.07) is 14.7. The van der Waals surface area contributed by atoms with Crippen LogP contribution >= 0.6 is 11.6 Å². The maximum absolute atomic E-state index is 12.3. The van der Waals surface area contributed by atoms with Crippen molar-refractivity contribution in [1.29, 1.82) is 0 Å². The van der Waals surface area contributed by atoms with E-state index < -0.39 is 12.0 Å². The van der Waals surface area contributed by atoms with Crippen LogP contribution in [-0.4, -0.2) is 47.1 Å². The molecule has 11 nitrogen and oxygen atoms in total. The van der Waals surface area contributed by atoms with Gasteiger partial charge in [0.25, 0.3) is 5.91 Å². The molecule has 210 valence electrons. The van der Waals surface area contributed by atoms with Crippen LogP contribution in [0.1, 0.15) is 46.9 Å². The Morgan fingerprint density at radius 2 is 1.82 bits per heavy atom. The number of nitrogen functional groups attached to an aromatic ring is 2. The van der Waals surface area contributed by atoms with E-state index in [9.17, 15) is 9.59 Å². The van der Waals surface area contributed by atoms with Gasteiger partial charge in [0.15, 0.2) is 34.5 Å². The molecule has 1 aliphatic heterocycles. The van der Waals surface area contributed by atoms with Crippen LogP contribution in [0.3, 0.4) is 0 Å². The summed E-state index contributed by atoms with van der Waals surface area (Å²) in [6.07, 6.45) is 2.54. The maximum atomic E-state index is 12.3. The van der Waals surface area contributed by atoms with Crippen LogP contribution in [0.25, 0.3) is 11.1 Å². The zero-order chi connectivity index (χ0) is 28.6. The average Bonchev–Trinajstić information content (AvgIpc) is 2.94. The number of carbonyl (C=O) groups excluding carboxylic acids is 2. The molecule has 0 bridgehead atoms. The number of nitrogens with zero attached hydrogens (tertiary/aromatic N) is 3. The third-order valence-corrected chi connectivity index (χ3v) is 6.68. The fourth-order valence-electron chi connectivity index (χ4n) is 4.30. The van der Waals surface area contributed by atoms with Crippen molar-refractivity contribution in [1.82, 2.24) is 15.3 Å². The van der Waals surface area contributed by atoms with Crippen molar-refractivity contribution in [3.8, 4) is 11.1 Å². The van der Waals surface area contributed by atoms with E-state index in [0.717, 1.165) is 41.5 Å². The number of anilines is 2. The van der Waals surface area contributed by atoms with Crippen LogP contribution in [0.5, 0.6) is 0 Å². The first kappa shape index (κ1) is 28.8. The molecule has 1 aromatic heterocycles. The number of amides is 1. The first-order valence-electron chi connectivity index (χ1n) is 12.9. The minimum Gasteiger partial charge on any atom is -0.464 e. The smallest absolute Gasteiger partial charge is 0.335 e. The second kappa shape index (κ2) is 13.2. The van der Waals surface area contributed by atoms with Gasteiger partial charge >= 0.3 is 5.97 Å². The lowest BCUT2D eigenvalue weighted by Gasteiger charge is -2.24. The van der Waals surface area contributed by atoms with Gasteiger partial charge in [-0.1, -0.05) is 48.0 Å². The van der Waals surface area contributed by atoms with Crippen LogP contribution in [0.15, 0.2) is 47.5 Å². The molecule has 12 heteroatoms. The highest BCUT2D eigenvalue weighted by molar-refractivity contribution is 6.31. The lowest BCUT2D eigenvalue weighted by molar-refractivity contribution is -0.158. The molecular weight excluding hydrogens is 534 g/mol. The maximum Gasteiger partial charge on any atom is 0.335 e. The summed E-state index contributed by atoms with van der Waals surface area (Å²) in [5.41, 5.74) is 22.5. The van der Waals surface area contributed by atoms with Gasteiger partial charge in [0.05, 0.1) is 13.2 Å². The molecule has 2 aromatic carbocycles. The van der Waals surface area contributed by atoms with Gasteiger partial charge in [-0.2, -0.15) is 0 Å². The number of guanidine groups is 1. The van der Waals surface area contributed by atoms with Crippen LogP contribution in [-0.2, 0) is 33.7 Å². The zero-order valence-corrected chi connectivity index (χ0v) is 22.9. The molecule has 1 aliphatic rings. The van der Waals surface area contributed by atoms with E-state index in [1.165, 1.54) is 5.56 Å². The van der Waals surface area contributed by atoms with Crippen LogP contribution in [0.4, 0.5) is 11.6 Å². The number of hydrogen-bond donors (Lipinski definition) is 4. The van der Waals surface area contributed by atoms with E-state index in [0.29, 0.717) is 26.2 Å². The van der Waals surface area contributed by atoms with Gasteiger partial charge < -0.3 is 26.7 Å². The van der Waals surface area contributed by atoms with E-state index >= 15 is 0 Å². The van der Waals surface area contributed by atoms with Gasteiger partial charge in [-0.15, -0.1) is 0 Å². The summed E-state index contributed by atoms with van der Waals surface area (Å²) in [4.78, 5) is 36.1. The number of benzene rings is 2. The van der Waals surface area contributed by atoms with E-state index in [4.69, 9.17) is 38.3 Å². The Morgan fingerprint density at radius 1 is 1.07 bits per heavy atom. The number of aromatic nitrogens is 2. The number of ether oxygens (including phenoxy) is 2. The predicted molar refractivity (Wildman–Crippen MR) is 154 cm³/mol. The normalized spacial score (nSPS) is 14.8. The molecule has 1 atom stereocenters. The Bertz CT molecular complexity index is 1410. The highest BCUT2D eigenvalue weighted by Crippen LogP contribution is 2.28. The number of esters is 1. The van der Waals surface area contributed by atoms with Crippen LogP contribution < -0.4 is 22.5 Å². The molecule has 2 heterocycles. The number of rotatable bonds is 9. The van der Waals surface area contributed by atoms with Crippen molar-refractivity contribution in [2.45, 2.75) is 45.3 Å². The summed E-state index contributed by atoms with van der Waals surface area (Å²) < 4.78 is 10.8. The second-order valence-electron chi connectivity index (χ2n) is 9.25. The Kier molecular flexibility index (Phi) is 9.52. The SMILES string of the molecule is CCOC(=O)C1Cc2ccc(-c3ccc(CCCCN=C(N)NC(=O)c4nc(Cl)c(N)nc4N)cc3)cc2CO1. The molecule has 7 N–H and O–H groups in total. The monoisotopic (exact) mass is 565 g/mol. The molecule has 0 saturated heterocycles. The van der Waals surface area contributed by atoms with Crippen LogP contribution in [0, 0.1) is 0 Å². The van der Waals surface area contributed by atoms with Crippen molar-refractivity contribution in [2.24, 2.45) is 10.7 Å². The third-order valence-electron chi connectivity index (χ3n) is 6.41. The number of halogens is 1. The second-order valence-corrected chi connectivity index (χ2v) is 9.61. The molecule has 0 aliphatic carbocycles. The predicted octanol–water partition coefficient (Wildman–Crippen LogP) is 3.03. The third kappa shape index (κ3) is 7.25. The molecule has 40 heavy (non-hydrogen) atoms. The summed E-state index contributed by atoms with van der Waals surface area (Å²) >= 11 is 5.81. The largest absolute Gasteiger partial charge is 0.464 e. The van der Waals surface area contributed by atoms with E-state index in [1.54, 1.807) is 6.92 Å². The highest BCUT2D eigenvalue weighted by atomic mass is 35.5. The van der Waals surface area contributed by atoms with Crippen molar-refractivity contribution in [3.63, 3.8) is 0 Å². The molecule has 0 spiro atoms. The number of unbranched alkanes of at least 4 members (excludes halogenated alkanes) is 1. The Morgan fingerprint density at radius 3 is 2.58 bits per heavy atom. The molecule has 1 unspecified atom stereocenters. The van der Waals surface area contributed by atoms with Crippen molar-refractivity contribution in [2.75, 3.05) is 24.6 Å². The Balaban J connectivity index is 1.23. The first-order valence-corrected chi connectivity index (χ1v) is 13.3. The molecule has 4 rings (SSSR count). The van der Waals surface area contributed by atoms with E-state index in [-0.39, 0.29) is 34.4 Å². The Hall–Kier alpha value is -4.22. The summed E-state index contributed by atoms with van der Waals surface area (Å²) in [6.45, 7) is 2.97. The first-order chi connectivity index (χ1) is 19.2. The van der Waals surface area contributed by atoms with Gasteiger partial charge in [-0.25, -0.2) is 14.8 Å². The lowest BCUT2D eigenvalue weighted by atomic mass is 9.94. The van der Waals surface area contributed by atoms with Gasteiger partial charge in [-0.05, 0) is 60.1 Å². The zero-order valence-electron chi connectivity index (χ0n) is 22.2. The Labute approximate surface area is 237 Å². The molecular formula is C28H32ClN7O4. The number of aryl methyl sites for hydroxylation is 1. The van der Waals surface area contributed by atoms with E-state index in [2.05, 4.69) is 62.7 Å². The summed E-state index contributed by atoms with van der Waals surface area (Å²) in [5.74, 6) is -1.23. The number of carbonyl (C=O) groups is 2. The van der Waals surface area contributed by atoms with Crippen molar-refractivity contribution < 1.29 is 19.1 Å². The quantitative estimate of drug-likeness (QED) is 0.131. The molecule has 0 saturated carbocycles. The molecule has 3 aromatic rings. The molecule has 0 fully saturated rings. The highest BCUT2D eigenvalue weighted by Gasteiger charge is 2.26. The topological polar surface area (TPSA) is 181 Å². The van der Waals surface area contributed by atoms with Crippen molar-refractivity contribution >= 4 is 41.1 Å². The lowest BCUT2D eigenvalue weighted by Crippen LogP contribution is -2.38.